The molecule has 0 N–H and O–H groups in total. The minimum Gasteiger partial charge on any atom is -0.494 e. The molecule has 0 unspecified atom stereocenters. The number of halogens is 2. The van der Waals surface area contributed by atoms with Crippen molar-refractivity contribution in [1.82, 2.24) is 14.6 Å². The number of nitrogens with zero attached hydrogens (tertiary/aromatic N) is 3. The van der Waals surface area contributed by atoms with Gasteiger partial charge >= 0.3 is 0 Å². The Labute approximate surface area is 191 Å². The van der Waals surface area contributed by atoms with E-state index in [1.165, 1.54) is 4.52 Å². The number of fused-ring (bicyclic) bond motifs is 1. The average molecular weight is 474 g/mol. The van der Waals surface area contributed by atoms with Crippen LogP contribution in [-0.2, 0) is 6.42 Å². The summed E-state index contributed by atoms with van der Waals surface area (Å²) < 4.78 is 7.14. The third-order valence-electron chi connectivity index (χ3n) is 4.46. The van der Waals surface area contributed by atoms with Crippen LogP contribution in [0.3, 0.4) is 0 Å². The molecule has 0 bridgehead atoms. The molecule has 0 aliphatic heterocycles. The van der Waals surface area contributed by atoms with Crippen LogP contribution >= 0.6 is 34.5 Å². The summed E-state index contributed by atoms with van der Waals surface area (Å²) in [5, 5.41) is 5.10. The van der Waals surface area contributed by atoms with Gasteiger partial charge in [-0.05, 0) is 47.9 Å². The number of rotatable bonds is 6. The molecule has 0 saturated carbocycles. The highest BCUT2D eigenvalue weighted by Gasteiger charge is 2.12. The van der Waals surface area contributed by atoms with E-state index in [0.29, 0.717) is 26.7 Å². The third-order valence-corrected chi connectivity index (χ3v) is 6.16. The highest BCUT2D eigenvalue weighted by atomic mass is 35.5. The van der Waals surface area contributed by atoms with Crippen LogP contribution in [-0.4, -0.2) is 21.2 Å². The van der Waals surface area contributed by atoms with Crippen LogP contribution in [0.15, 0.2) is 52.1 Å². The molecule has 0 aliphatic rings. The van der Waals surface area contributed by atoms with Crippen LogP contribution in [0.2, 0.25) is 10.0 Å². The summed E-state index contributed by atoms with van der Waals surface area (Å²) in [7, 11) is 0. The lowest BCUT2D eigenvalue weighted by molar-refractivity contribution is 0.317. The zero-order chi connectivity index (χ0) is 22.0. The highest BCUT2D eigenvalue weighted by Crippen LogP contribution is 2.22. The lowest BCUT2D eigenvalue weighted by Crippen LogP contribution is -2.28. The quantitative estimate of drug-likeness (QED) is 0.426. The predicted molar refractivity (Wildman–Crippen MR) is 124 cm³/mol. The summed E-state index contributed by atoms with van der Waals surface area (Å²) in [5.41, 5.74) is 1.000. The normalized spacial score (nSPS) is 11.9. The average Bonchev–Trinajstić information content (AvgIpc) is 3.05. The Morgan fingerprint density at radius 2 is 1.87 bits per heavy atom. The fraction of sp³-hybridized carbons (Fsp3) is 0.182. The zero-order valence-corrected chi connectivity index (χ0v) is 18.8. The summed E-state index contributed by atoms with van der Waals surface area (Å²) in [4.78, 5) is 29.6. The van der Waals surface area contributed by atoms with E-state index < -0.39 is 5.56 Å². The van der Waals surface area contributed by atoms with Gasteiger partial charge in [0.2, 0.25) is 4.96 Å². The van der Waals surface area contributed by atoms with Crippen LogP contribution in [0.4, 0.5) is 0 Å². The van der Waals surface area contributed by atoms with E-state index in [-0.39, 0.29) is 22.6 Å². The predicted octanol–water partition coefficient (Wildman–Crippen LogP) is 3.75. The number of hydrogen-bond acceptors (Lipinski definition) is 6. The molecule has 0 aliphatic carbocycles. The van der Waals surface area contributed by atoms with Gasteiger partial charge in [0.15, 0.2) is 0 Å². The lowest BCUT2D eigenvalue weighted by Gasteiger charge is -2.05. The van der Waals surface area contributed by atoms with Crippen molar-refractivity contribution >= 4 is 45.6 Å². The van der Waals surface area contributed by atoms with Gasteiger partial charge in [-0.3, -0.25) is 9.59 Å². The van der Waals surface area contributed by atoms with Gasteiger partial charge in [-0.15, -0.1) is 0 Å². The number of hydrogen-bond donors (Lipinski definition) is 0. The first kappa shape index (κ1) is 21.5. The van der Waals surface area contributed by atoms with E-state index in [1.807, 2.05) is 31.2 Å². The summed E-state index contributed by atoms with van der Waals surface area (Å²) in [6.07, 6.45) is 2.87. The van der Waals surface area contributed by atoms with Gasteiger partial charge in [-0.2, -0.15) is 14.6 Å². The topological polar surface area (TPSA) is 73.6 Å². The Hall–Kier alpha value is -2.74. The molecule has 2 heterocycles. The second kappa shape index (κ2) is 9.18. The molecular formula is C22H17Cl2N3O3S. The van der Waals surface area contributed by atoms with Crippen LogP contribution in [0.5, 0.6) is 5.75 Å². The molecule has 0 saturated heterocycles. The van der Waals surface area contributed by atoms with Crippen molar-refractivity contribution in [1.29, 1.82) is 0 Å². The van der Waals surface area contributed by atoms with Gasteiger partial charge in [0.1, 0.15) is 11.4 Å². The van der Waals surface area contributed by atoms with E-state index in [1.54, 1.807) is 24.3 Å². The molecule has 31 heavy (non-hydrogen) atoms. The molecule has 2 aromatic heterocycles. The maximum atomic E-state index is 12.8. The first-order valence-corrected chi connectivity index (χ1v) is 11.1. The van der Waals surface area contributed by atoms with E-state index in [0.717, 1.165) is 29.1 Å². The number of aromatic nitrogens is 3. The fourth-order valence-corrected chi connectivity index (χ4v) is 4.13. The van der Waals surface area contributed by atoms with Crippen molar-refractivity contribution in [3.63, 3.8) is 0 Å². The van der Waals surface area contributed by atoms with Crippen molar-refractivity contribution in [2.75, 3.05) is 6.61 Å². The van der Waals surface area contributed by atoms with E-state index in [9.17, 15) is 9.59 Å². The van der Waals surface area contributed by atoms with Crippen LogP contribution < -0.4 is 20.4 Å². The molecule has 2 aromatic carbocycles. The Kier molecular flexibility index (Phi) is 6.36. The number of benzene rings is 2. The van der Waals surface area contributed by atoms with Crippen molar-refractivity contribution in [3.8, 4) is 5.75 Å². The van der Waals surface area contributed by atoms with E-state index in [2.05, 4.69) is 10.1 Å². The molecular weight excluding hydrogens is 457 g/mol. The van der Waals surface area contributed by atoms with Gasteiger partial charge < -0.3 is 4.74 Å². The van der Waals surface area contributed by atoms with Gasteiger partial charge in [0, 0.05) is 6.42 Å². The number of thiazole rings is 1. The van der Waals surface area contributed by atoms with Crippen molar-refractivity contribution in [2.24, 2.45) is 0 Å². The molecule has 9 heteroatoms. The van der Waals surface area contributed by atoms with Gasteiger partial charge in [-0.1, -0.05) is 59.7 Å². The van der Waals surface area contributed by atoms with Crippen molar-refractivity contribution < 1.29 is 4.74 Å². The molecule has 158 valence electrons. The van der Waals surface area contributed by atoms with Gasteiger partial charge in [0.05, 0.1) is 21.2 Å². The second-order valence-electron chi connectivity index (χ2n) is 6.82. The van der Waals surface area contributed by atoms with Crippen molar-refractivity contribution in [3.05, 3.63) is 94.6 Å². The van der Waals surface area contributed by atoms with Crippen molar-refractivity contribution in [2.45, 2.75) is 19.8 Å². The molecule has 0 amide bonds. The van der Waals surface area contributed by atoms with Gasteiger partial charge in [0.25, 0.3) is 11.1 Å². The molecule has 4 aromatic rings. The zero-order valence-electron chi connectivity index (χ0n) is 16.5. The largest absolute Gasteiger partial charge is 0.494 e. The Balaban J connectivity index is 1.67. The molecule has 0 spiro atoms. The van der Waals surface area contributed by atoms with Crippen LogP contribution in [0.1, 0.15) is 30.2 Å². The maximum Gasteiger partial charge on any atom is 0.296 e. The third kappa shape index (κ3) is 4.79. The molecule has 4 rings (SSSR count). The maximum absolute atomic E-state index is 12.8. The van der Waals surface area contributed by atoms with E-state index >= 15 is 0 Å². The van der Waals surface area contributed by atoms with E-state index in [4.69, 9.17) is 27.9 Å². The Bertz CT molecular complexity index is 1420. The summed E-state index contributed by atoms with van der Waals surface area (Å²) in [5.74, 6) is 0.769. The first-order valence-electron chi connectivity index (χ1n) is 9.56. The number of ether oxygens (including phenoxy) is 1. The SMILES string of the molecule is CCCOc1ccc(Cc2nn3c(=O)/c(=C/c4ccc(Cl)c(Cl)c4)sc3nc2=O)cc1. The summed E-state index contributed by atoms with van der Waals surface area (Å²) >= 11 is 13.1. The molecule has 0 radical (unpaired) electrons. The molecule has 6 nitrogen and oxygen atoms in total. The summed E-state index contributed by atoms with van der Waals surface area (Å²) in [6, 6.07) is 12.5. The standard InChI is InChI=1S/C22H17Cl2N3O3S/c1-2-9-30-15-6-3-13(4-7-15)11-18-20(28)25-22-27(26-18)21(29)19(31-22)12-14-5-8-16(23)17(24)10-14/h3-8,10,12H,2,9,11H2,1H3/b19-12-. The minimum atomic E-state index is -0.450. The Morgan fingerprint density at radius 1 is 1.10 bits per heavy atom. The second-order valence-corrected chi connectivity index (χ2v) is 8.64. The Morgan fingerprint density at radius 3 is 2.58 bits per heavy atom. The van der Waals surface area contributed by atoms with Crippen LogP contribution in [0, 0.1) is 0 Å². The first-order chi connectivity index (χ1) is 14.9. The summed E-state index contributed by atoms with van der Waals surface area (Å²) in [6.45, 7) is 2.69. The highest BCUT2D eigenvalue weighted by molar-refractivity contribution is 7.15. The molecule has 0 atom stereocenters. The minimum absolute atomic E-state index is 0.204. The lowest BCUT2D eigenvalue weighted by atomic mass is 10.1. The molecule has 0 fully saturated rings. The smallest absolute Gasteiger partial charge is 0.296 e. The fourth-order valence-electron chi connectivity index (χ4n) is 2.92. The van der Waals surface area contributed by atoms with Crippen LogP contribution in [0.25, 0.3) is 11.0 Å². The monoisotopic (exact) mass is 473 g/mol. The van der Waals surface area contributed by atoms with Gasteiger partial charge in [-0.25, -0.2) is 0 Å².